The zero-order valence-corrected chi connectivity index (χ0v) is 24.7. The summed E-state index contributed by atoms with van der Waals surface area (Å²) in [5, 5.41) is 12.9. The van der Waals surface area contributed by atoms with Gasteiger partial charge in [0.1, 0.15) is 6.10 Å². The van der Waals surface area contributed by atoms with E-state index in [2.05, 4.69) is 19.6 Å². The van der Waals surface area contributed by atoms with Crippen LogP contribution < -0.4 is 14.2 Å². The van der Waals surface area contributed by atoms with E-state index in [4.69, 9.17) is 4.74 Å². The number of aromatic carboxylic acids is 1. The standard InChI is InChI=1S/C31H26F5N3O5S/c1-16-4-3-5-22-26(27(16)45-21-9-6-18(7-10-21)29(40)41)39(38-28(22)30(32,33)34)20-12-13-37-25(15-20)42-17(2)19-8-11-23-24(14-19)44-31(35,36)43-23/h6-17,27H,3-5H2,1-2H3,(H,40,41)/t16-,17-,27-/m0/s1. The van der Waals surface area contributed by atoms with Gasteiger partial charge >= 0.3 is 18.4 Å². The van der Waals surface area contributed by atoms with Gasteiger partial charge in [0.15, 0.2) is 17.2 Å². The quantitative estimate of drug-likeness (QED) is 0.158. The molecule has 0 saturated carbocycles. The number of fused-ring (bicyclic) bond motifs is 2. The number of aromatic nitrogens is 3. The van der Waals surface area contributed by atoms with Crippen molar-refractivity contribution < 1.29 is 46.1 Å². The molecule has 2 aromatic carbocycles. The Kier molecular flexibility index (Phi) is 7.88. The van der Waals surface area contributed by atoms with Crippen molar-refractivity contribution in [2.45, 2.75) is 61.8 Å². The predicted octanol–water partition coefficient (Wildman–Crippen LogP) is 8.25. The van der Waals surface area contributed by atoms with Gasteiger partial charge in [-0.3, -0.25) is 0 Å². The van der Waals surface area contributed by atoms with Gasteiger partial charge < -0.3 is 19.3 Å². The lowest BCUT2D eigenvalue weighted by Gasteiger charge is -2.24. The van der Waals surface area contributed by atoms with Gasteiger partial charge in [0.05, 0.1) is 22.2 Å². The Morgan fingerprint density at radius 2 is 1.84 bits per heavy atom. The van der Waals surface area contributed by atoms with Crippen LogP contribution in [0.2, 0.25) is 0 Å². The molecule has 236 valence electrons. The Labute approximate surface area is 258 Å². The summed E-state index contributed by atoms with van der Waals surface area (Å²) in [6, 6.07) is 13.5. The summed E-state index contributed by atoms with van der Waals surface area (Å²) in [6.45, 7) is 3.64. The molecule has 4 aromatic rings. The van der Waals surface area contributed by atoms with Gasteiger partial charge in [0.2, 0.25) is 5.88 Å². The summed E-state index contributed by atoms with van der Waals surface area (Å²) < 4.78 is 86.2. The topological polar surface area (TPSA) is 95.7 Å². The molecule has 3 heterocycles. The van der Waals surface area contributed by atoms with Gasteiger partial charge in [-0.05, 0) is 80.1 Å². The number of carbonyl (C=O) groups is 1. The summed E-state index contributed by atoms with van der Waals surface area (Å²) in [4.78, 5) is 16.3. The molecule has 1 N–H and O–H groups in total. The molecule has 0 fully saturated rings. The van der Waals surface area contributed by atoms with Crippen LogP contribution in [0.25, 0.3) is 5.69 Å². The second kappa shape index (κ2) is 11.5. The van der Waals surface area contributed by atoms with Gasteiger partial charge in [-0.1, -0.05) is 13.0 Å². The van der Waals surface area contributed by atoms with E-state index in [1.54, 1.807) is 19.1 Å². The maximum atomic E-state index is 14.3. The number of benzene rings is 2. The largest absolute Gasteiger partial charge is 0.586 e. The van der Waals surface area contributed by atoms with Crippen LogP contribution in [-0.2, 0) is 12.6 Å². The van der Waals surface area contributed by atoms with Crippen molar-refractivity contribution in [3.8, 4) is 23.1 Å². The van der Waals surface area contributed by atoms with Crippen molar-refractivity contribution >= 4 is 17.7 Å². The second-order valence-electron chi connectivity index (χ2n) is 10.8. The number of hydrogen-bond acceptors (Lipinski definition) is 7. The minimum atomic E-state index is -4.70. The average molecular weight is 648 g/mol. The van der Waals surface area contributed by atoms with Gasteiger partial charge in [-0.25, -0.2) is 14.5 Å². The molecule has 0 saturated heterocycles. The highest BCUT2D eigenvalue weighted by atomic mass is 32.2. The fraction of sp³-hybridized carbons (Fsp3) is 0.323. The molecule has 0 spiro atoms. The normalized spacial score (nSPS) is 19.4. The maximum absolute atomic E-state index is 14.3. The molecule has 1 aliphatic carbocycles. The first kappa shape index (κ1) is 30.7. The van der Waals surface area contributed by atoms with Gasteiger partial charge in [-0.2, -0.15) is 18.3 Å². The third kappa shape index (κ3) is 6.28. The molecule has 2 aromatic heterocycles. The monoisotopic (exact) mass is 647 g/mol. The van der Waals surface area contributed by atoms with E-state index in [1.165, 1.54) is 65.1 Å². The van der Waals surface area contributed by atoms with Crippen LogP contribution in [0.15, 0.2) is 65.7 Å². The van der Waals surface area contributed by atoms with Crippen LogP contribution in [0, 0.1) is 5.92 Å². The molecule has 2 aliphatic rings. The van der Waals surface area contributed by atoms with Gasteiger partial charge in [-0.15, -0.1) is 20.5 Å². The average Bonchev–Trinajstić information content (AvgIpc) is 3.47. The molecule has 8 nitrogen and oxygen atoms in total. The van der Waals surface area contributed by atoms with E-state index in [-0.39, 0.29) is 40.8 Å². The number of carboxylic acids is 1. The third-order valence-electron chi connectivity index (χ3n) is 7.68. The fourth-order valence-corrected chi connectivity index (χ4v) is 6.81. The minimum Gasteiger partial charge on any atom is -0.478 e. The van der Waals surface area contributed by atoms with Crippen LogP contribution in [-0.4, -0.2) is 32.1 Å². The third-order valence-corrected chi connectivity index (χ3v) is 9.17. The van der Waals surface area contributed by atoms with Crippen molar-refractivity contribution in [3.63, 3.8) is 0 Å². The Bertz CT molecular complexity index is 1740. The first-order chi connectivity index (χ1) is 21.3. The molecule has 1 aliphatic heterocycles. The first-order valence-corrected chi connectivity index (χ1v) is 14.9. The van der Waals surface area contributed by atoms with E-state index in [1.807, 2.05) is 6.92 Å². The number of hydrogen-bond donors (Lipinski definition) is 1. The summed E-state index contributed by atoms with van der Waals surface area (Å²) in [5.74, 6) is -1.30. The summed E-state index contributed by atoms with van der Waals surface area (Å²) >= 11 is 1.36. The molecule has 0 amide bonds. The van der Waals surface area contributed by atoms with Crippen molar-refractivity contribution in [2.24, 2.45) is 5.92 Å². The first-order valence-electron chi connectivity index (χ1n) is 14.0. The molecular formula is C31H26F5N3O5S. The predicted molar refractivity (Wildman–Crippen MR) is 152 cm³/mol. The van der Waals surface area contributed by atoms with E-state index in [0.29, 0.717) is 34.7 Å². The van der Waals surface area contributed by atoms with Crippen LogP contribution >= 0.6 is 11.8 Å². The SMILES string of the molecule is C[C@H](Oc1cc(-n2nc(C(F)(F)F)c3c2[C@@H](Sc2ccc(C(=O)O)cc2)[C@@H](C)CCC3)ccn1)c1ccc2c(c1)OC(F)(F)O2. The number of carboxylic acid groups (broad SMARTS) is 1. The Balaban J connectivity index is 1.35. The number of thioether (sulfide) groups is 1. The minimum absolute atomic E-state index is 0.0390. The van der Waals surface area contributed by atoms with Crippen LogP contribution in [0.4, 0.5) is 22.0 Å². The number of rotatable bonds is 7. The van der Waals surface area contributed by atoms with E-state index >= 15 is 0 Å². The van der Waals surface area contributed by atoms with Crippen molar-refractivity contribution in [1.82, 2.24) is 14.8 Å². The Hall–Kier alpha value is -4.33. The Morgan fingerprint density at radius 1 is 1.11 bits per heavy atom. The number of halogens is 5. The van der Waals surface area contributed by atoms with E-state index in [0.717, 1.165) is 0 Å². The lowest BCUT2D eigenvalue weighted by atomic mass is 10.0. The molecular weight excluding hydrogens is 621 g/mol. The number of alkyl halides is 5. The number of pyridine rings is 1. The van der Waals surface area contributed by atoms with Crippen molar-refractivity contribution in [2.75, 3.05) is 0 Å². The molecule has 14 heteroatoms. The fourth-order valence-electron chi connectivity index (χ4n) is 5.51. The summed E-state index contributed by atoms with van der Waals surface area (Å²) in [6.07, 6.45) is -6.36. The summed E-state index contributed by atoms with van der Waals surface area (Å²) in [5.41, 5.74) is 0.454. The highest BCUT2D eigenvalue weighted by Gasteiger charge is 2.44. The molecule has 0 unspecified atom stereocenters. The zero-order valence-electron chi connectivity index (χ0n) is 23.8. The lowest BCUT2D eigenvalue weighted by molar-refractivity contribution is -0.286. The second-order valence-corrected chi connectivity index (χ2v) is 12.1. The maximum Gasteiger partial charge on any atom is 0.586 e. The van der Waals surface area contributed by atoms with Crippen LogP contribution in [0.5, 0.6) is 17.4 Å². The van der Waals surface area contributed by atoms with E-state index < -0.39 is 35.5 Å². The summed E-state index contributed by atoms with van der Waals surface area (Å²) in [7, 11) is 0. The number of nitrogens with zero attached hydrogens (tertiary/aromatic N) is 3. The molecule has 0 radical (unpaired) electrons. The van der Waals surface area contributed by atoms with Gasteiger partial charge in [0, 0.05) is 22.7 Å². The van der Waals surface area contributed by atoms with Crippen LogP contribution in [0.1, 0.15) is 70.9 Å². The highest BCUT2D eigenvalue weighted by molar-refractivity contribution is 7.99. The molecule has 45 heavy (non-hydrogen) atoms. The van der Waals surface area contributed by atoms with E-state index in [9.17, 15) is 31.9 Å². The molecule has 6 rings (SSSR count). The number of ether oxygens (including phenoxy) is 3. The highest BCUT2D eigenvalue weighted by Crippen LogP contribution is 2.49. The lowest BCUT2D eigenvalue weighted by Crippen LogP contribution is -2.25. The zero-order chi connectivity index (χ0) is 32.1. The molecule has 0 bridgehead atoms. The van der Waals surface area contributed by atoms with Crippen molar-refractivity contribution in [1.29, 1.82) is 0 Å². The Morgan fingerprint density at radius 3 is 2.56 bits per heavy atom. The molecule has 3 atom stereocenters. The van der Waals surface area contributed by atoms with Crippen molar-refractivity contribution in [3.05, 3.63) is 88.9 Å². The smallest absolute Gasteiger partial charge is 0.478 e. The van der Waals surface area contributed by atoms with Gasteiger partial charge in [0.25, 0.3) is 0 Å². The van der Waals surface area contributed by atoms with Crippen LogP contribution in [0.3, 0.4) is 0 Å².